The predicted molar refractivity (Wildman–Crippen MR) is 109 cm³/mol. The lowest BCUT2D eigenvalue weighted by Gasteiger charge is -2.25. The van der Waals surface area contributed by atoms with Crippen molar-refractivity contribution in [3.05, 3.63) is 78.1 Å². The molecule has 4 aromatic rings. The molecule has 1 aliphatic heterocycles. The molecule has 3 aromatic carbocycles. The number of aromatic nitrogens is 1. The average Bonchev–Trinajstić information content (AvgIpc) is 2.90. The molecule has 2 heterocycles. The van der Waals surface area contributed by atoms with Crippen LogP contribution in [0.3, 0.4) is 0 Å². The molecular formula is C24H17NS. The van der Waals surface area contributed by atoms with Crippen LogP contribution >= 0.6 is 11.8 Å². The number of hydrogen-bond donors (Lipinski definition) is 0. The number of hydrogen-bond acceptors (Lipinski definition) is 2. The van der Waals surface area contributed by atoms with Gasteiger partial charge in [-0.2, -0.15) is 0 Å². The van der Waals surface area contributed by atoms with Crippen LogP contribution in [-0.4, -0.2) is 4.98 Å². The van der Waals surface area contributed by atoms with Gasteiger partial charge < -0.3 is 0 Å². The van der Waals surface area contributed by atoms with E-state index in [4.69, 9.17) is 0 Å². The zero-order valence-corrected chi connectivity index (χ0v) is 15.5. The molecule has 1 nitrogen and oxygen atoms in total. The van der Waals surface area contributed by atoms with Crippen molar-refractivity contribution in [1.82, 2.24) is 4.98 Å². The first-order valence-electron chi connectivity index (χ1n) is 8.98. The first-order chi connectivity index (χ1) is 12.7. The van der Waals surface area contributed by atoms with E-state index in [1.54, 1.807) is 0 Å². The summed E-state index contributed by atoms with van der Waals surface area (Å²) in [6, 6.07) is 20.2. The summed E-state index contributed by atoms with van der Waals surface area (Å²) >= 11 is 1.86. The molecule has 1 aliphatic carbocycles. The first-order valence-corrected chi connectivity index (χ1v) is 9.80. The third-order valence-corrected chi connectivity index (χ3v) is 7.09. The molecule has 0 saturated heterocycles. The summed E-state index contributed by atoms with van der Waals surface area (Å²) in [6.07, 6.45) is 3.92. The number of nitrogens with zero attached hydrogens (tertiary/aromatic N) is 1. The van der Waals surface area contributed by atoms with E-state index in [1.165, 1.54) is 53.9 Å². The molecule has 0 radical (unpaired) electrons. The smallest absolute Gasteiger partial charge is 0.0357 e. The van der Waals surface area contributed by atoms with Crippen LogP contribution in [0.2, 0.25) is 0 Å². The van der Waals surface area contributed by atoms with Crippen molar-refractivity contribution in [2.45, 2.75) is 29.1 Å². The van der Waals surface area contributed by atoms with Crippen molar-refractivity contribution < 1.29 is 0 Å². The summed E-state index contributed by atoms with van der Waals surface area (Å²) in [5, 5.41) is 2.75. The second-order valence-electron chi connectivity index (χ2n) is 7.67. The summed E-state index contributed by atoms with van der Waals surface area (Å²) in [5.74, 6) is 0. The van der Waals surface area contributed by atoms with Gasteiger partial charge in [0.05, 0.1) is 0 Å². The molecule has 0 unspecified atom stereocenters. The number of fused-ring (bicyclic) bond motifs is 6. The van der Waals surface area contributed by atoms with Crippen LogP contribution in [0.15, 0.2) is 76.8 Å². The van der Waals surface area contributed by atoms with Gasteiger partial charge in [0.25, 0.3) is 0 Å². The van der Waals surface area contributed by atoms with E-state index in [9.17, 15) is 0 Å². The number of benzene rings is 3. The van der Waals surface area contributed by atoms with Crippen LogP contribution in [0.1, 0.15) is 25.0 Å². The number of rotatable bonds is 0. The third-order valence-electron chi connectivity index (χ3n) is 5.96. The van der Waals surface area contributed by atoms with E-state index in [1.807, 2.05) is 24.2 Å². The fourth-order valence-electron chi connectivity index (χ4n) is 4.71. The Morgan fingerprint density at radius 2 is 1.69 bits per heavy atom. The van der Waals surface area contributed by atoms with Gasteiger partial charge in [-0.15, -0.1) is 0 Å². The first kappa shape index (κ1) is 14.6. The maximum absolute atomic E-state index is 4.41. The van der Waals surface area contributed by atoms with Crippen LogP contribution in [-0.2, 0) is 5.41 Å². The van der Waals surface area contributed by atoms with E-state index in [0.29, 0.717) is 0 Å². The van der Waals surface area contributed by atoms with Gasteiger partial charge in [-0.1, -0.05) is 62.0 Å². The quantitative estimate of drug-likeness (QED) is 0.309. The Morgan fingerprint density at radius 3 is 2.62 bits per heavy atom. The van der Waals surface area contributed by atoms with E-state index in [2.05, 4.69) is 73.4 Å². The predicted octanol–water partition coefficient (Wildman–Crippen LogP) is 6.67. The van der Waals surface area contributed by atoms with Crippen LogP contribution in [0, 0.1) is 0 Å². The third kappa shape index (κ3) is 1.66. The highest BCUT2D eigenvalue weighted by Gasteiger charge is 2.37. The van der Waals surface area contributed by atoms with E-state index >= 15 is 0 Å². The fourth-order valence-corrected chi connectivity index (χ4v) is 5.82. The minimum Gasteiger partial charge on any atom is -0.264 e. The molecule has 0 spiro atoms. The monoisotopic (exact) mass is 351 g/mol. The molecular weight excluding hydrogens is 334 g/mol. The Labute approximate surface area is 157 Å². The normalized spacial score (nSPS) is 15.5. The SMILES string of the molecule is CC1(C)c2ccccc2-c2c1cc1c3c(cccc23)Sc2ccncc2-1. The zero-order chi connectivity index (χ0) is 17.5. The summed E-state index contributed by atoms with van der Waals surface area (Å²) < 4.78 is 0. The molecule has 2 aliphatic rings. The van der Waals surface area contributed by atoms with Gasteiger partial charge >= 0.3 is 0 Å². The van der Waals surface area contributed by atoms with Gasteiger partial charge in [0.2, 0.25) is 0 Å². The lowest BCUT2D eigenvalue weighted by Crippen LogP contribution is -2.15. The molecule has 124 valence electrons. The average molecular weight is 351 g/mol. The molecule has 0 N–H and O–H groups in total. The maximum Gasteiger partial charge on any atom is 0.0357 e. The van der Waals surface area contributed by atoms with Gasteiger partial charge in [0, 0.05) is 38.5 Å². The van der Waals surface area contributed by atoms with Crippen molar-refractivity contribution >= 4 is 22.5 Å². The van der Waals surface area contributed by atoms with Gasteiger partial charge in [-0.25, -0.2) is 0 Å². The maximum atomic E-state index is 4.41. The van der Waals surface area contributed by atoms with Crippen LogP contribution in [0.25, 0.3) is 33.0 Å². The highest BCUT2D eigenvalue weighted by Crippen LogP contribution is 2.56. The van der Waals surface area contributed by atoms with E-state index in [0.717, 1.165) is 0 Å². The van der Waals surface area contributed by atoms with Crippen LogP contribution < -0.4 is 0 Å². The molecule has 2 heteroatoms. The lowest BCUT2D eigenvalue weighted by atomic mass is 9.80. The minimum atomic E-state index is 0.0135. The standard InChI is InChI=1S/C24H17NS/c1-24(2)18-8-4-3-6-14(18)22-15-7-5-9-21-23(15)16(12-19(22)24)17-13-25-11-10-20(17)26-21/h3-13H,1-2H3. The Hall–Kier alpha value is -2.58. The molecule has 0 amide bonds. The minimum absolute atomic E-state index is 0.0135. The van der Waals surface area contributed by atoms with Crippen molar-refractivity contribution in [2.75, 3.05) is 0 Å². The zero-order valence-electron chi connectivity index (χ0n) is 14.7. The molecule has 0 saturated carbocycles. The lowest BCUT2D eigenvalue weighted by molar-refractivity contribution is 0.661. The van der Waals surface area contributed by atoms with Gasteiger partial charge in [0.15, 0.2) is 0 Å². The second kappa shape index (κ2) is 4.77. The van der Waals surface area contributed by atoms with Gasteiger partial charge in [-0.05, 0) is 51.4 Å². The summed E-state index contributed by atoms with van der Waals surface area (Å²) in [5.41, 5.74) is 8.27. The molecule has 6 rings (SSSR count). The fraction of sp³-hybridized carbons (Fsp3) is 0.125. The molecule has 0 bridgehead atoms. The van der Waals surface area contributed by atoms with E-state index in [-0.39, 0.29) is 5.41 Å². The van der Waals surface area contributed by atoms with Crippen molar-refractivity contribution in [3.8, 4) is 22.3 Å². The Bertz CT molecular complexity index is 1240. The summed E-state index contributed by atoms with van der Waals surface area (Å²) in [4.78, 5) is 7.06. The molecule has 26 heavy (non-hydrogen) atoms. The Morgan fingerprint density at radius 1 is 0.808 bits per heavy atom. The highest BCUT2D eigenvalue weighted by molar-refractivity contribution is 7.99. The Balaban J connectivity index is 1.84. The highest BCUT2D eigenvalue weighted by atomic mass is 32.2. The van der Waals surface area contributed by atoms with Crippen LogP contribution in [0.5, 0.6) is 0 Å². The largest absolute Gasteiger partial charge is 0.264 e. The Kier molecular flexibility index (Phi) is 2.68. The second-order valence-corrected chi connectivity index (χ2v) is 8.75. The molecule has 0 atom stereocenters. The topological polar surface area (TPSA) is 12.9 Å². The van der Waals surface area contributed by atoms with E-state index < -0.39 is 0 Å². The molecule has 0 fully saturated rings. The van der Waals surface area contributed by atoms with Crippen molar-refractivity contribution in [1.29, 1.82) is 0 Å². The van der Waals surface area contributed by atoms with Crippen molar-refractivity contribution in [3.63, 3.8) is 0 Å². The van der Waals surface area contributed by atoms with Crippen LogP contribution in [0.4, 0.5) is 0 Å². The summed E-state index contributed by atoms with van der Waals surface area (Å²) in [6.45, 7) is 4.70. The van der Waals surface area contributed by atoms with Gasteiger partial charge in [0.1, 0.15) is 0 Å². The van der Waals surface area contributed by atoms with Crippen molar-refractivity contribution in [2.24, 2.45) is 0 Å². The molecule has 1 aromatic heterocycles. The number of pyridine rings is 1. The summed E-state index contributed by atoms with van der Waals surface area (Å²) in [7, 11) is 0. The van der Waals surface area contributed by atoms with Gasteiger partial charge in [-0.3, -0.25) is 4.98 Å².